The van der Waals surface area contributed by atoms with Crippen molar-refractivity contribution in [1.82, 2.24) is 20.1 Å². The lowest BCUT2D eigenvalue weighted by atomic mass is 10.1. The lowest BCUT2D eigenvalue weighted by Crippen LogP contribution is -2.30. The van der Waals surface area contributed by atoms with Gasteiger partial charge < -0.3 is 20.1 Å². The van der Waals surface area contributed by atoms with Crippen molar-refractivity contribution in [2.75, 3.05) is 25.1 Å². The van der Waals surface area contributed by atoms with Crippen LogP contribution in [0.2, 0.25) is 0 Å². The minimum atomic E-state index is -0.229. The molecule has 1 aliphatic heterocycles. The molecule has 8 heteroatoms. The molecule has 0 bridgehead atoms. The number of rotatable bonds is 8. The van der Waals surface area contributed by atoms with Gasteiger partial charge in [0.25, 0.3) is 0 Å². The molecule has 1 fully saturated rings. The van der Waals surface area contributed by atoms with E-state index in [-0.39, 0.29) is 12.1 Å². The van der Waals surface area contributed by atoms with Gasteiger partial charge >= 0.3 is 6.03 Å². The molecule has 1 aromatic carbocycles. The largest absolute Gasteiger partial charge is 0.491 e. The van der Waals surface area contributed by atoms with Gasteiger partial charge in [0.2, 0.25) is 0 Å². The fourth-order valence-electron chi connectivity index (χ4n) is 2.73. The number of nitrogens with zero attached hydrogens (tertiary/aromatic N) is 3. The van der Waals surface area contributed by atoms with Gasteiger partial charge in [-0.25, -0.2) is 9.78 Å². The van der Waals surface area contributed by atoms with Crippen molar-refractivity contribution in [3.8, 4) is 5.75 Å². The highest BCUT2D eigenvalue weighted by molar-refractivity contribution is 5.89. The molecular weight excluding hydrogens is 334 g/mol. The van der Waals surface area contributed by atoms with Crippen LogP contribution < -0.4 is 15.4 Å². The molecule has 0 aliphatic carbocycles. The Bertz CT molecular complexity index is 654. The molecule has 1 unspecified atom stereocenters. The van der Waals surface area contributed by atoms with Crippen molar-refractivity contribution in [3.63, 3.8) is 0 Å². The van der Waals surface area contributed by atoms with Crippen LogP contribution in [-0.4, -0.2) is 46.7 Å². The molecule has 1 aromatic heterocycles. The van der Waals surface area contributed by atoms with Gasteiger partial charge in [-0.2, -0.15) is 5.10 Å². The van der Waals surface area contributed by atoms with Crippen LogP contribution in [0.4, 0.5) is 10.5 Å². The fourth-order valence-corrected chi connectivity index (χ4v) is 2.73. The van der Waals surface area contributed by atoms with Crippen molar-refractivity contribution in [3.05, 3.63) is 36.9 Å². The van der Waals surface area contributed by atoms with E-state index in [0.29, 0.717) is 13.2 Å². The summed E-state index contributed by atoms with van der Waals surface area (Å²) < 4.78 is 13.1. The van der Waals surface area contributed by atoms with E-state index in [4.69, 9.17) is 9.47 Å². The van der Waals surface area contributed by atoms with Gasteiger partial charge in [-0.05, 0) is 49.9 Å². The SMILES string of the molecule is O=C(NCCCn1cncn1)Nc1ccc(OCC2CCCCO2)cc1. The van der Waals surface area contributed by atoms with Crippen LogP contribution in [0.1, 0.15) is 25.7 Å². The van der Waals surface area contributed by atoms with Crippen molar-refractivity contribution in [2.45, 2.75) is 38.3 Å². The molecule has 2 aromatic rings. The lowest BCUT2D eigenvalue weighted by molar-refractivity contribution is -0.0110. The Morgan fingerprint density at radius 1 is 1.31 bits per heavy atom. The number of amides is 2. The first-order valence-corrected chi connectivity index (χ1v) is 9.01. The number of hydrogen-bond donors (Lipinski definition) is 2. The van der Waals surface area contributed by atoms with E-state index in [1.807, 2.05) is 24.3 Å². The normalized spacial score (nSPS) is 16.8. The zero-order valence-electron chi connectivity index (χ0n) is 14.8. The first-order chi connectivity index (χ1) is 12.8. The number of benzene rings is 1. The van der Waals surface area contributed by atoms with E-state index in [2.05, 4.69) is 20.7 Å². The molecule has 2 heterocycles. The van der Waals surface area contributed by atoms with Crippen LogP contribution in [0.5, 0.6) is 5.75 Å². The number of anilines is 1. The van der Waals surface area contributed by atoms with E-state index >= 15 is 0 Å². The number of urea groups is 1. The average Bonchev–Trinajstić information content (AvgIpc) is 3.19. The van der Waals surface area contributed by atoms with Crippen LogP contribution in [0.15, 0.2) is 36.9 Å². The quantitative estimate of drug-likeness (QED) is 0.707. The highest BCUT2D eigenvalue weighted by atomic mass is 16.5. The molecule has 0 spiro atoms. The monoisotopic (exact) mass is 359 g/mol. The molecule has 1 aliphatic rings. The first kappa shape index (κ1) is 18.2. The number of carbonyl (C=O) groups excluding carboxylic acids is 1. The van der Waals surface area contributed by atoms with E-state index in [9.17, 15) is 4.79 Å². The van der Waals surface area contributed by atoms with Crippen LogP contribution in [0.25, 0.3) is 0 Å². The van der Waals surface area contributed by atoms with Crippen molar-refractivity contribution >= 4 is 11.7 Å². The van der Waals surface area contributed by atoms with Gasteiger partial charge in [0.05, 0.1) is 6.10 Å². The van der Waals surface area contributed by atoms with Gasteiger partial charge in [-0.1, -0.05) is 0 Å². The van der Waals surface area contributed by atoms with E-state index < -0.39 is 0 Å². The number of hydrogen-bond acceptors (Lipinski definition) is 5. The molecule has 1 saturated heterocycles. The molecule has 2 N–H and O–H groups in total. The van der Waals surface area contributed by atoms with Crippen molar-refractivity contribution in [1.29, 1.82) is 0 Å². The lowest BCUT2D eigenvalue weighted by Gasteiger charge is -2.22. The van der Waals surface area contributed by atoms with Crippen molar-refractivity contribution in [2.24, 2.45) is 0 Å². The molecule has 3 rings (SSSR count). The maximum absolute atomic E-state index is 11.9. The average molecular weight is 359 g/mol. The summed E-state index contributed by atoms with van der Waals surface area (Å²) in [5.41, 5.74) is 0.722. The summed E-state index contributed by atoms with van der Waals surface area (Å²) in [6, 6.07) is 7.12. The summed E-state index contributed by atoms with van der Waals surface area (Å²) in [5.74, 6) is 0.776. The highest BCUT2D eigenvalue weighted by Gasteiger charge is 2.14. The second kappa shape index (κ2) is 9.76. The predicted molar refractivity (Wildman–Crippen MR) is 97.2 cm³/mol. The number of aromatic nitrogens is 3. The van der Waals surface area contributed by atoms with Gasteiger partial charge in [-0.3, -0.25) is 4.68 Å². The zero-order valence-corrected chi connectivity index (χ0v) is 14.8. The minimum absolute atomic E-state index is 0.185. The Balaban J connectivity index is 1.33. The summed E-state index contributed by atoms with van der Waals surface area (Å²) in [4.78, 5) is 15.8. The second-order valence-corrected chi connectivity index (χ2v) is 6.22. The first-order valence-electron chi connectivity index (χ1n) is 9.01. The Hall–Kier alpha value is -2.61. The summed E-state index contributed by atoms with van der Waals surface area (Å²) in [5, 5.41) is 9.63. The van der Waals surface area contributed by atoms with Crippen molar-refractivity contribution < 1.29 is 14.3 Å². The molecule has 26 heavy (non-hydrogen) atoms. The van der Waals surface area contributed by atoms with Gasteiger partial charge in [0.1, 0.15) is 25.0 Å². The minimum Gasteiger partial charge on any atom is -0.491 e. The third-order valence-corrected chi connectivity index (χ3v) is 4.14. The maximum Gasteiger partial charge on any atom is 0.319 e. The molecule has 0 saturated carbocycles. The zero-order chi connectivity index (χ0) is 18.0. The van der Waals surface area contributed by atoms with Crippen LogP contribution in [-0.2, 0) is 11.3 Å². The smallest absolute Gasteiger partial charge is 0.319 e. The fraction of sp³-hybridized carbons (Fsp3) is 0.500. The summed E-state index contributed by atoms with van der Waals surface area (Å²) in [6.45, 7) is 2.68. The summed E-state index contributed by atoms with van der Waals surface area (Å²) in [7, 11) is 0. The molecule has 1 atom stereocenters. The van der Waals surface area contributed by atoms with E-state index in [1.54, 1.807) is 11.0 Å². The Morgan fingerprint density at radius 2 is 2.19 bits per heavy atom. The van der Waals surface area contributed by atoms with Crippen LogP contribution >= 0.6 is 0 Å². The number of nitrogens with one attached hydrogen (secondary N) is 2. The van der Waals surface area contributed by atoms with E-state index in [0.717, 1.165) is 43.9 Å². The summed E-state index contributed by atoms with van der Waals surface area (Å²) >= 11 is 0. The molecule has 0 radical (unpaired) electrons. The highest BCUT2D eigenvalue weighted by Crippen LogP contribution is 2.18. The third kappa shape index (κ3) is 6.03. The summed E-state index contributed by atoms with van der Waals surface area (Å²) in [6.07, 6.45) is 7.51. The Labute approximate surface area is 152 Å². The third-order valence-electron chi connectivity index (χ3n) is 4.14. The maximum atomic E-state index is 11.9. The number of carbonyl (C=O) groups is 1. The number of aryl methyl sites for hydroxylation is 1. The Kier molecular flexibility index (Phi) is 6.83. The van der Waals surface area contributed by atoms with Gasteiger partial charge in [0, 0.05) is 25.4 Å². The topological polar surface area (TPSA) is 90.3 Å². The molecular formula is C18H25N5O3. The molecule has 140 valence electrons. The number of ether oxygens (including phenoxy) is 2. The Morgan fingerprint density at radius 3 is 2.92 bits per heavy atom. The van der Waals surface area contributed by atoms with Gasteiger partial charge in [0.15, 0.2) is 0 Å². The van der Waals surface area contributed by atoms with Crippen LogP contribution in [0.3, 0.4) is 0 Å². The molecule has 2 amide bonds. The predicted octanol–water partition coefficient (Wildman–Crippen LogP) is 2.44. The van der Waals surface area contributed by atoms with Gasteiger partial charge in [-0.15, -0.1) is 0 Å². The molecule has 8 nitrogen and oxygen atoms in total. The van der Waals surface area contributed by atoms with Crippen LogP contribution in [0, 0.1) is 0 Å². The standard InChI is InChI=1S/C18H25N5O3/c24-18(20-9-3-10-23-14-19-13-21-23)22-15-5-7-16(8-6-15)26-12-17-4-1-2-11-25-17/h5-8,13-14,17H,1-4,9-12H2,(H2,20,22,24). The van der Waals surface area contributed by atoms with E-state index in [1.165, 1.54) is 12.7 Å². The second-order valence-electron chi connectivity index (χ2n) is 6.22.